The van der Waals surface area contributed by atoms with Crippen molar-refractivity contribution in [3.63, 3.8) is 0 Å². The van der Waals surface area contributed by atoms with Crippen LogP contribution in [0.1, 0.15) is 40.0 Å². The van der Waals surface area contributed by atoms with Gasteiger partial charge in [0.05, 0.1) is 0 Å². The monoisotopic (exact) mass is 398 g/mol. The van der Waals surface area contributed by atoms with Gasteiger partial charge in [0.1, 0.15) is 6.10 Å². The second-order valence-electron chi connectivity index (χ2n) is 6.17. The summed E-state index contributed by atoms with van der Waals surface area (Å²) in [5.74, 6) is 0.0505. The fraction of sp³-hybridized carbons (Fsp3) is 0.917. The second kappa shape index (κ2) is 10.2. The zero-order valence-corrected chi connectivity index (χ0v) is 15.1. The van der Waals surface area contributed by atoms with Crippen molar-refractivity contribution in [3.8, 4) is 0 Å². The number of phosphoric acid groups is 2. The molecule has 0 spiro atoms. The topological polar surface area (TPSA) is 140 Å². The summed E-state index contributed by atoms with van der Waals surface area (Å²) in [6, 6.07) is 0. The van der Waals surface area contributed by atoms with Gasteiger partial charge in [-0.25, -0.2) is 13.9 Å². The molecule has 0 heterocycles. The van der Waals surface area contributed by atoms with Crippen molar-refractivity contribution in [1.82, 2.24) is 0 Å². The number of phosphoric ester groups is 1. The van der Waals surface area contributed by atoms with E-state index in [2.05, 4.69) is 15.8 Å². The fourth-order valence-corrected chi connectivity index (χ4v) is 4.28. The van der Waals surface area contributed by atoms with E-state index in [0.29, 0.717) is 18.3 Å². The number of esters is 1. The van der Waals surface area contributed by atoms with Gasteiger partial charge in [0.2, 0.25) is 0 Å². The first-order chi connectivity index (χ1) is 10.4. The Bertz CT molecular complexity index is 507. The molecule has 0 aliphatic heterocycles. The van der Waals surface area contributed by atoms with Gasteiger partial charge >= 0.3 is 51.2 Å². The van der Waals surface area contributed by atoms with Crippen LogP contribution in [0.15, 0.2) is 0 Å². The molecule has 1 saturated carbocycles. The van der Waals surface area contributed by atoms with E-state index in [9.17, 15) is 13.9 Å². The van der Waals surface area contributed by atoms with Crippen LogP contribution in [-0.2, 0) is 27.5 Å². The van der Waals surface area contributed by atoms with E-state index in [1.807, 2.05) is 13.8 Å². The maximum atomic E-state index is 11.8. The van der Waals surface area contributed by atoms with E-state index in [0.717, 1.165) is 12.8 Å². The third kappa shape index (κ3) is 9.43. The van der Waals surface area contributed by atoms with Crippen molar-refractivity contribution in [2.45, 2.75) is 46.1 Å². The van der Waals surface area contributed by atoms with Gasteiger partial charge in [-0.15, -0.1) is 0 Å². The molecular formula is C12H25NaO9P2. The van der Waals surface area contributed by atoms with Crippen LogP contribution in [-0.4, -0.2) is 62.9 Å². The van der Waals surface area contributed by atoms with Crippen LogP contribution in [0.5, 0.6) is 0 Å². The normalized spacial score (nSPS) is 27.2. The van der Waals surface area contributed by atoms with Gasteiger partial charge in [0.25, 0.3) is 0 Å². The first-order valence-electron chi connectivity index (χ1n) is 7.33. The summed E-state index contributed by atoms with van der Waals surface area (Å²) in [6.45, 7) is 5.20. The van der Waals surface area contributed by atoms with Crippen LogP contribution in [0.3, 0.4) is 0 Å². The summed E-state index contributed by atoms with van der Waals surface area (Å²) >= 11 is 0. The van der Waals surface area contributed by atoms with Gasteiger partial charge in [-0.2, -0.15) is 4.31 Å². The molecule has 24 heavy (non-hydrogen) atoms. The molecule has 0 aromatic heterocycles. The zero-order valence-electron chi connectivity index (χ0n) is 13.3. The number of hydrogen-bond donors (Lipinski definition) is 3. The summed E-state index contributed by atoms with van der Waals surface area (Å²) < 4.78 is 34.9. The Balaban J connectivity index is 0.00000529. The number of hydrogen-bond acceptors (Lipinski definition) is 6. The van der Waals surface area contributed by atoms with Gasteiger partial charge < -0.3 is 19.4 Å². The van der Waals surface area contributed by atoms with Crippen LogP contribution in [0.4, 0.5) is 0 Å². The van der Waals surface area contributed by atoms with E-state index in [-0.39, 0.29) is 41.6 Å². The molecule has 4 atom stereocenters. The molecule has 12 heteroatoms. The summed E-state index contributed by atoms with van der Waals surface area (Å²) in [5.41, 5.74) is 0. The Morgan fingerprint density at radius 3 is 2.29 bits per heavy atom. The molecule has 0 aromatic carbocycles. The van der Waals surface area contributed by atoms with Crippen LogP contribution >= 0.6 is 15.6 Å². The molecule has 0 amide bonds. The van der Waals surface area contributed by atoms with Gasteiger partial charge in [0, 0.05) is 0 Å². The average Bonchev–Trinajstić information content (AvgIpc) is 2.33. The Hall–Kier alpha value is 0.730. The molecule has 1 fully saturated rings. The molecule has 1 aliphatic rings. The SMILES string of the molecule is CC(C)[C@@H]1CC[C@@H](C)C[C@H]1OC(=O)COP(=O)(O)OP(=O)(O)O.[NaH]. The van der Waals surface area contributed by atoms with Gasteiger partial charge in [-0.3, -0.25) is 4.52 Å². The van der Waals surface area contributed by atoms with Crippen molar-refractivity contribution >= 4 is 51.2 Å². The molecule has 3 N–H and O–H groups in total. The summed E-state index contributed by atoms with van der Waals surface area (Å²) in [7, 11) is -10.2. The molecule has 1 rings (SSSR count). The molecule has 0 bridgehead atoms. The number of carbonyl (C=O) groups is 1. The van der Waals surface area contributed by atoms with Gasteiger partial charge in [0.15, 0.2) is 6.61 Å². The maximum absolute atomic E-state index is 11.8. The standard InChI is InChI=1S/C12H24O9P2.Na.H/c1-8(2)10-5-4-9(3)6-11(10)20-12(13)7-19-23(17,18)21-22(14,15)16;;/h8-11H,4-7H2,1-3H3,(H,17,18)(H2,14,15,16);;/t9-,10+,11-;;/m1../s1. The Labute approximate surface area is 163 Å². The third-order valence-corrected chi connectivity index (χ3v) is 5.93. The van der Waals surface area contributed by atoms with Crippen molar-refractivity contribution in [2.24, 2.45) is 17.8 Å². The summed E-state index contributed by atoms with van der Waals surface area (Å²) in [4.78, 5) is 37.8. The minimum absolute atomic E-state index is 0. The van der Waals surface area contributed by atoms with Gasteiger partial charge in [-0.05, 0) is 30.6 Å². The van der Waals surface area contributed by atoms with E-state index in [1.165, 1.54) is 0 Å². The number of rotatable bonds is 7. The molecule has 0 saturated heterocycles. The van der Waals surface area contributed by atoms with E-state index < -0.39 is 28.2 Å². The number of carbonyl (C=O) groups excluding carboxylic acids is 1. The summed E-state index contributed by atoms with van der Waals surface area (Å²) in [5, 5.41) is 0. The Kier molecular flexibility index (Phi) is 10.5. The summed E-state index contributed by atoms with van der Waals surface area (Å²) in [6.07, 6.45) is 2.37. The molecule has 9 nitrogen and oxygen atoms in total. The third-order valence-electron chi connectivity index (χ3n) is 3.80. The Morgan fingerprint density at radius 2 is 1.79 bits per heavy atom. The fourth-order valence-electron chi connectivity index (χ4n) is 2.75. The van der Waals surface area contributed by atoms with Crippen LogP contribution in [0.25, 0.3) is 0 Å². The van der Waals surface area contributed by atoms with Crippen molar-refractivity contribution in [1.29, 1.82) is 0 Å². The predicted molar refractivity (Wildman–Crippen MR) is 87.3 cm³/mol. The minimum atomic E-state index is -5.20. The van der Waals surface area contributed by atoms with E-state index >= 15 is 0 Å². The van der Waals surface area contributed by atoms with E-state index in [4.69, 9.17) is 19.4 Å². The number of ether oxygens (including phenoxy) is 1. The second-order valence-corrected chi connectivity index (χ2v) is 9.00. The molecule has 1 aliphatic carbocycles. The van der Waals surface area contributed by atoms with Gasteiger partial charge in [-0.1, -0.05) is 27.2 Å². The first-order valence-corrected chi connectivity index (χ1v) is 10.4. The van der Waals surface area contributed by atoms with Crippen molar-refractivity contribution in [3.05, 3.63) is 0 Å². The average molecular weight is 398 g/mol. The first kappa shape index (κ1) is 24.7. The molecule has 0 radical (unpaired) electrons. The van der Waals surface area contributed by atoms with Crippen molar-refractivity contribution < 1.29 is 42.2 Å². The van der Waals surface area contributed by atoms with Crippen molar-refractivity contribution in [2.75, 3.05) is 6.61 Å². The molecule has 0 aromatic rings. The van der Waals surface area contributed by atoms with Crippen LogP contribution in [0.2, 0.25) is 0 Å². The van der Waals surface area contributed by atoms with Crippen LogP contribution in [0, 0.1) is 17.8 Å². The van der Waals surface area contributed by atoms with Crippen LogP contribution < -0.4 is 0 Å². The molecule has 1 unspecified atom stereocenters. The zero-order chi connectivity index (χ0) is 17.8. The quantitative estimate of drug-likeness (QED) is 0.331. The van der Waals surface area contributed by atoms with E-state index in [1.54, 1.807) is 0 Å². The predicted octanol–water partition coefficient (Wildman–Crippen LogP) is 1.57. The molecule has 138 valence electrons. The Morgan fingerprint density at radius 1 is 1.21 bits per heavy atom. The molecular weight excluding hydrogens is 373 g/mol.